The molecule has 1 aromatic heterocycles. The largest absolute Gasteiger partial charge is 0.397 e. The van der Waals surface area contributed by atoms with Crippen LogP contribution in [0.25, 0.3) is 11.0 Å². The highest BCUT2D eigenvalue weighted by molar-refractivity contribution is 7.89. The van der Waals surface area contributed by atoms with E-state index in [1.165, 1.54) is 19.2 Å². The van der Waals surface area contributed by atoms with Gasteiger partial charge in [-0.25, -0.2) is 17.9 Å². The number of nitrogens with zero attached hydrogens (tertiary/aromatic N) is 2. The van der Waals surface area contributed by atoms with Gasteiger partial charge < -0.3 is 11.1 Å². The van der Waals surface area contributed by atoms with Crippen molar-refractivity contribution in [3.8, 4) is 0 Å². The van der Waals surface area contributed by atoms with Gasteiger partial charge in [0.2, 0.25) is 10.0 Å². The minimum Gasteiger partial charge on any atom is -0.397 e. The van der Waals surface area contributed by atoms with E-state index < -0.39 is 10.0 Å². The molecule has 0 aliphatic heterocycles. The molecule has 4 N–H and O–H groups in total. The summed E-state index contributed by atoms with van der Waals surface area (Å²) in [6.45, 7) is 0. The summed E-state index contributed by atoms with van der Waals surface area (Å²) < 4.78 is 29.0. The SMILES string of the molecule is CNS(=O)(=O)c1ccc(Nc2ccc3c(c2)n(C)c(=O)n3C)c(N)c1. The van der Waals surface area contributed by atoms with Crippen molar-refractivity contribution in [1.82, 2.24) is 13.9 Å². The fraction of sp³-hybridized carbons (Fsp3) is 0.188. The van der Waals surface area contributed by atoms with Gasteiger partial charge in [0.25, 0.3) is 0 Å². The first-order chi connectivity index (χ1) is 11.7. The van der Waals surface area contributed by atoms with E-state index in [1.807, 2.05) is 18.2 Å². The minimum absolute atomic E-state index is 0.0963. The Bertz CT molecular complexity index is 1130. The predicted octanol–water partition coefficient (Wildman–Crippen LogP) is 1.11. The summed E-state index contributed by atoms with van der Waals surface area (Å²) >= 11 is 0. The third kappa shape index (κ3) is 2.87. The lowest BCUT2D eigenvalue weighted by Crippen LogP contribution is -2.19. The lowest BCUT2D eigenvalue weighted by molar-refractivity contribution is 0.588. The van der Waals surface area contributed by atoms with Crippen molar-refractivity contribution in [1.29, 1.82) is 0 Å². The average Bonchev–Trinajstić information content (AvgIpc) is 2.81. The second kappa shape index (κ2) is 5.94. The van der Waals surface area contributed by atoms with E-state index in [9.17, 15) is 13.2 Å². The van der Waals surface area contributed by atoms with Crippen LogP contribution in [0.2, 0.25) is 0 Å². The molecule has 1 heterocycles. The molecule has 132 valence electrons. The molecule has 0 aliphatic carbocycles. The zero-order valence-corrected chi connectivity index (χ0v) is 14.9. The Hall–Kier alpha value is -2.78. The van der Waals surface area contributed by atoms with E-state index in [1.54, 1.807) is 29.3 Å². The highest BCUT2D eigenvalue weighted by atomic mass is 32.2. The summed E-state index contributed by atoms with van der Waals surface area (Å²) in [5, 5.41) is 3.15. The smallest absolute Gasteiger partial charge is 0.328 e. The molecule has 8 nitrogen and oxygen atoms in total. The number of fused-ring (bicyclic) bond motifs is 1. The van der Waals surface area contributed by atoms with Gasteiger partial charge in [-0.2, -0.15) is 0 Å². The molecule has 0 saturated carbocycles. The Morgan fingerprint density at radius 2 is 1.68 bits per heavy atom. The third-order valence-corrected chi connectivity index (χ3v) is 5.57. The number of nitrogens with one attached hydrogen (secondary N) is 2. The first kappa shape index (κ1) is 17.1. The summed E-state index contributed by atoms with van der Waals surface area (Å²) in [6.07, 6.45) is 0. The van der Waals surface area contributed by atoms with Crippen molar-refractivity contribution < 1.29 is 8.42 Å². The number of aromatic nitrogens is 2. The van der Waals surface area contributed by atoms with Crippen molar-refractivity contribution in [2.24, 2.45) is 14.1 Å². The van der Waals surface area contributed by atoms with Crippen molar-refractivity contribution in [3.05, 3.63) is 46.9 Å². The summed E-state index contributed by atoms with van der Waals surface area (Å²) in [5.41, 5.74) is 9.10. The summed E-state index contributed by atoms with van der Waals surface area (Å²) in [4.78, 5) is 12.1. The second-order valence-corrected chi connectivity index (χ2v) is 7.57. The van der Waals surface area contributed by atoms with Crippen LogP contribution in [-0.4, -0.2) is 24.6 Å². The molecule has 3 rings (SSSR count). The predicted molar refractivity (Wildman–Crippen MR) is 98.5 cm³/mol. The number of hydrogen-bond donors (Lipinski definition) is 3. The molecular weight excluding hydrogens is 342 g/mol. The minimum atomic E-state index is -3.55. The average molecular weight is 361 g/mol. The molecule has 0 radical (unpaired) electrons. The molecule has 0 atom stereocenters. The van der Waals surface area contributed by atoms with Gasteiger partial charge in [-0.1, -0.05) is 0 Å². The fourth-order valence-electron chi connectivity index (χ4n) is 2.68. The van der Waals surface area contributed by atoms with Crippen molar-refractivity contribution in [2.45, 2.75) is 4.90 Å². The number of aryl methyl sites for hydroxylation is 2. The van der Waals surface area contributed by atoms with E-state index in [4.69, 9.17) is 5.73 Å². The van der Waals surface area contributed by atoms with Crippen molar-refractivity contribution >= 4 is 38.1 Å². The molecule has 0 aliphatic rings. The van der Waals surface area contributed by atoms with Crippen LogP contribution in [0.15, 0.2) is 46.1 Å². The number of hydrogen-bond acceptors (Lipinski definition) is 5. The van der Waals surface area contributed by atoms with Gasteiger partial charge in [0, 0.05) is 19.8 Å². The van der Waals surface area contributed by atoms with Crippen LogP contribution in [0.4, 0.5) is 17.1 Å². The number of imidazole rings is 1. The number of rotatable bonds is 4. The maximum Gasteiger partial charge on any atom is 0.328 e. The third-order valence-electron chi connectivity index (χ3n) is 4.15. The number of anilines is 3. The molecule has 0 spiro atoms. The van der Waals surface area contributed by atoms with Crippen molar-refractivity contribution in [2.75, 3.05) is 18.1 Å². The standard InChI is InChI=1S/C16H19N5O3S/c1-18-25(23,24)11-5-6-13(12(17)9-11)19-10-4-7-14-15(8-10)21(3)16(22)20(14)2/h4-9,18-19H,17H2,1-3H3. The highest BCUT2D eigenvalue weighted by Crippen LogP contribution is 2.27. The van der Waals surface area contributed by atoms with E-state index >= 15 is 0 Å². The van der Waals surface area contributed by atoms with Crippen LogP contribution in [-0.2, 0) is 24.1 Å². The van der Waals surface area contributed by atoms with E-state index in [2.05, 4.69) is 10.0 Å². The van der Waals surface area contributed by atoms with Crippen molar-refractivity contribution in [3.63, 3.8) is 0 Å². The van der Waals surface area contributed by atoms with Crippen LogP contribution in [0.5, 0.6) is 0 Å². The topological polar surface area (TPSA) is 111 Å². The molecule has 0 bridgehead atoms. The lowest BCUT2D eigenvalue weighted by Gasteiger charge is -2.11. The Morgan fingerprint density at radius 1 is 1.00 bits per heavy atom. The van der Waals surface area contributed by atoms with Crippen LogP contribution in [0, 0.1) is 0 Å². The molecule has 2 aromatic carbocycles. The summed E-state index contributed by atoms with van der Waals surface area (Å²) in [5.74, 6) is 0. The second-order valence-electron chi connectivity index (χ2n) is 5.69. The van der Waals surface area contributed by atoms with Crippen LogP contribution in [0.3, 0.4) is 0 Å². The monoisotopic (exact) mass is 361 g/mol. The molecule has 0 saturated heterocycles. The van der Waals surface area contributed by atoms with Gasteiger partial charge in [-0.05, 0) is 43.4 Å². The molecule has 3 aromatic rings. The molecule has 0 amide bonds. The van der Waals surface area contributed by atoms with Crippen LogP contribution < -0.4 is 21.5 Å². The maximum atomic E-state index is 12.0. The quantitative estimate of drug-likeness (QED) is 0.603. The van der Waals surface area contributed by atoms with E-state index in [0.29, 0.717) is 11.4 Å². The zero-order chi connectivity index (χ0) is 18.4. The summed E-state index contributed by atoms with van der Waals surface area (Å²) in [7, 11) is 1.23. The first-order valence-electron chi connectivity index (χ1n) is 7.50. The van der Waals surface area contributed by atoms with Crippen LogP contribution >= 0.6 is 0 Å². The molecule has 25 heavy (non-hydrogen) atoms. The Labute approximate surface area is 144 Å². The van der Waals surface area contributed by atoms with Gasteiger partial charge in [-0.3, -0.25) is 9.13 Å². The molecular formula is C16H19N5O3S. The maximum absolute atomic E-state index is 12.0. The zero-order valence-electron chi connectivity index (χ0n) is 14.1. The van der Waals surface area contributed by atoms with Gasteiger partial charge in [0.05, 0.1) is 27.3 Å². The van der Waals surface area contributed by atoms with E-state index in [-0.39, 0.29) is 10.6 Å². The Morgan fingerprint density at radius 3 is 2.32 bits per heavy atom. The van der Waals surface area contributed by atoms with E-state index in [0.717, 1.165) is 16.7 Å². The summed E-state index contributed by atoms with van der Waals surface area (Å²) in [6, 6.07) is 9.99. The number of nitrogen functional groups attached to an aromatic ring is 1. The molecule has 9 heteroatoms. The Kier molecular flexibility index (Phi) is 4.05. The lowest BCUT2D eigenvalue weighted by atomic mass is 10.2. The highest BCUT2D eigenvalue weighted by Gasteiger charge is 2.13. The molecule has 0 unspecified atom stereocenters. The van der Waals surface area contributed by atoms with Gasteiger partial charge in [-0.15, -0.1) is 0 Å². The normalized spacial score (nSPS) is 11.8. The Balaban J connectivity index is 1.99. The molecule has 0 fully saturated rings. The number of benzene rings is 2. The fourth-order valence-corrected chi connectivity index (χ4v) is 3.44. The van der Waals surface area contributed by atoms with Gasteiger partial charge >= 0.3 is 5.69 Å². The first-order valence-corrected chi connectivity index (χ1v) is 8.98. The van der Waals surface area contributed by atoms with Crippen LogP contribution in [0.1, 0.15) is 0 Å². The number of nitrogens with two attached hydrogens (primary N) is 1. The van der Waals surface area contributed by atoms with Gasteiger partial charge in [0.15, 0.2) is 0 Å². The van der Waals surface area contributed by atoms with Gasteiger partial charge in [0.1, 0.15) is 0 Å². The number of sulfonamides is 1.